The van der Waals surface area contributed by atoms with Crippen LogP contribution in [0.25, 0.3) is 0 Å². The third-order valence-electron chi connectivity index (χ3n) is 19.3. The number of rotatable bonds is 37. The van der Waals surface area contributed by atoms with Crippen molar-refractivity contribution in [1.29, 1.82) is 0 Å². The molecule has 3 heterocycles. The Morgan fingerprint density at radius 3 is 1.22 bits per heavy atom. The molecule has 3 saturated heterocycles. The number of nitrogens with zero attached hydrogens (tertiary/aromatic N) is 1. The zero-order chi connectivity index (χ0) is 68.1. The largest absolute Gasteiger partial charge is 0.481 e. The van der Waals surface area contributed by atoms with Crippen molar-refractivity contribution in [3.05, 3.63) is 144 Å². The Labute approximate surface area is 565 Å². The molecule has 3 amide bonds. The van der Waals surface area contributed by atoms with Gasteiger partial charge in [-0.25, -0.2) is 0 Å². The van der Waals surface area contributed by atoms with Crippen LogP contribution in [-0.2, 0) is 47.8 Å². The Morgan fingerprint density at radius 2 is 0.819 bits per heavy atom. The van der Waals surface area contributed by atoms with Crippen LogP contribution in [0.15, 0.2) is 121 Å². The first kappa shape index (κ1) is 81.4. The summed E-state index contributed by atoms with van der Waals surface area (Å²) in [4.78, 5) is 101. The maximum absolute atomic E-state index is 14.0. The van der Waals surface area contributed by atoms with Crippen LogP contribution in [0, 0.1) is 47.3 Å². The van der Waals surface area contributed by atoms with E-state index in [4.69, 9.17) is 10.5 Å². The van der Waals surface area contributed by atoms with E-state index in [1.807, 2.05) is 109 Å². The summed E-state index contributed by atoms with van der Waals surface area (Å²) >= 11 is 0. The molecule has 12 unspecified atom stereocenters. The lowest BCUT2D eigenvalue weighted by molar-refractivity contribution is -0.155. The molecule has 4 aromatic carbocycles. The van der Waals surface area contributed by atoms with Crippen molar-refractivity contribution in [1.82, 2.24) is 10.2 Å². The fraction of sp³-hybridized carbons (Fsp3) is 0.600. The van der Waals surface area contributed by atoms with Crippen molar-refractivity contribution in [2.75, 3.05) is 19.6 Å². The fourth-order valence-electron chi connectivity index (χ4n) is 13.0. The van der Waals surface area contributed by atoms with Crippen molar-refractivity contribution in [2.24, 2.45) is 53.1 Å². The number of imide groups is 1. The highest BCUT2D eigenvalue weighted by atomic mass is 16.6. The van der Waals surface area contributed by atoms with Crippen molar-refractivity contribution in [3.63, 3.8) is 0 Å². The van der Waals surface area contributed by atoms with E-state index < -0.39 is 53.4 Å². The Bertz CT molecular complexity index is 2810. The zero-order valence-corrected chi connectivity index (χ0v) is 57.9. The maximum atomic E-state index is 14.0. The minimum Gasteiger partial charge on any atom is -0.481 e. The highest BCUT2D eigenvalue weighted by Gasteiger charge is 2.50. The van der Waals surface area contributed by atoms with Gasteiger partial charge in [-0.1, -0.05) is 287 Å². The molecular formula is C80H119N3O11. The SMILES string of the molecule is C.CC(CC1C(=O)OC(=O)C1C)c1ccccc1.CCCCCCCCN.CCCCCCCCN1C(=O)C(CC(C)c2ccccc2)C(CC(CC2C(=O)OC(=O)C2C)c2ccccc2)C1=O.CCCCCCCCNC(=O)C(CC(C)c1ccccc1)C(C)C(=O)O. The van der Waals surface area contributed by atoms with Crippen LogP contribution in [0.1, 0.15) is 263 Å². The number of hydrogen-bond donors (Lipinski definition) is 3. The number of carbonyl (C=O) groups excluding carboxylic acids is 7. The predicted octanol–water partition coefficient (Wildman–Crippen LogP) is 17.5. The molecular weight excluding hydrogens is 1180 g/mol. The molecule has 0 aromatic heterocycles. The molecule has 94 heavy (non-hydrogen) atoms. The first-order chi connectivity index (χ1) is 44.8. The molecule has 0 aliphatic carbocycles. The Balaban J connectivity index is 0.000000370. The molecule has 520 valence electrons. The number of cyclic esters (lactones) is 4. The van der Waals surface area contributed by atoms with Crippen LogP contribution in [-0.4, -0.2) is 77.2 Å². The van der Waals surface area contributed by atoms with Gasteiger partial charge in [0.15, 0.2) is 0 Å². The van der Waals surface area contributed by atoms with Gasteiger partial charge >= 0.3 is 29.8 Å². The molecule has 0 radical (unpaired) electrons. The number of ether oxygens (including phenoxy) is 2. The number of carboxylic acid groups (broad SMARTS) is 1. The topological polar surface area (TPSA) is 217 Å². The fourth-order valence-corrected chi connectivity index (χ4v) is 13.0. The summed E-state index contributed by atoms with van der Waals surface area (Å²) < 4.78 is 9.59. The zero-order valence-electron chi connectivity index (χ0n) is 57.9. The molecule has 3 fully saturated rings. The third-order valence-corrected chi connectivity index (χ3v) is 19.3. The predicted molar refractivity (Wildman–Crippen MR) is 377 cm³/mol. The van der Waals surface area contributed by atoms with Gasteiger partial charge in [0.25, 0.3) is 0 Å². The van der Waals surface area contributed by atoms with Gasteiger partial charge < -0.3 is 25.6 Å². The number of esters is 4. The first-order valence-corrected chi connectivity index (χ1v) is 35.6. The van der Waals surface area contributed by atoms with Gasteiger partial charge in [-0.15, -0.1) is 0 Å². The maximum Gasteiger partial charge on any atom is 0.317 e. The summed E-state index contributed by atoms with van der Waals surface area (Å²) in [5, 5.41) is 12.4. The summed E-state index contributed by atoms with van der Waals surface area (Å²) in [5.41, 5.74) is 9.83. The molecule has 0 spiro atoms. The minimum atomic E-state index is -0.912. The van der Waals surface area contributed by atoms with E-state index in [2.05, 4.69) is 63.7 Å². The van der Waals surface area contributed by atoms with Gasteiger partial charge in [0.1, 0.15) is 0 Å². The third kappa shape index (κ3) is 27.5. The number of carbonyl (C=O) groups is 8. The second-order valence-corrected chi connectivity index (χ2v) is 26.6. The quantitative estimate of drug-likeness (QED) is 0.0166. The van der Waals surface area contributed by atoms with Crippen LogP contribution < -0.4 is 11.1 Å². The Morgan fingerprint density at radius 1 is 0.468 bits per heavy atom. The van der Waals surface area contributed by atoms with Crippen molar-refractivity contribution in [2.45, 2.75) is 241 Å². The van der Waals surface area contributed by atoms with Crippen LogP contribution in [0.5, 0.6) is 0 Å². The monoisotopic (exact) mass is 1300 g/mol. The highest BCUT2D eigenvalue weighted by molar-refractivity contribution is 6.05. The highest BCUT2D eigenvalue weighted by Crippen LogP contribution is 2.44. The number of aliphatic carboxylic acids is 1. The van der Waals surface area contributed by atoms with Crippen molar-refractivity contribution < 1.29 is 52.9 Å². The van der Waals surface area contributed by atoms with E-state index in [0.717, 1.165) is 55.3 Å². The number of amides is 3. The Kier molecular flexibility index (Phi) is 39.5. The van der Waals surface area contributed by atoms with Gasteiger partial charge in [0.05, 0.1) is 47.3 Å². The van der Waals surface area contributed by atoms with Crippen LogP contribution >= 0.6 is 0 Å². The number of hydrogen-bond acceptors (Lipinski definition) is 11. The van der Waals surface area contributed by atoms with E-state index in [0.29, 0.717) is 45.2 Å². The molecule has 3 aliphatic heterocycles. The van der Waals surface area contributed by atoms with Crippen LogP contribution in [0.4, 0.5) is 0 Å². The number of unbranched alkanes of at least 4 members (excludes halogenated alkanes) is 15. The number of nitrogens with one attached hydrogen (secondary N) is 1. The molecule has 0 bridgehead atoms. The average Bonchev–Trinajstić information content (AvgIpc) is 1.63. The second kappa shape index (κ2) is 45.6. The standard InChI is InChI=1S/C35H45NO5.C22H35NO3.C14H16O3.C8H19N.CH4/c1-4-5-6-7-8-15-20-36-32(37)30(21-24(2)26-16-11-9-12-17-26)31(33(36)38)23-28(27-18-13-10-14-19-27)22-29-25(3)34(39)41-35(29)40;1-4-5-6-7-8-12-15-23-21(24)20(18(3)22(25)26)16-17(2)19-13-10-9-11-14-19;1-9(11-6-4-3-5-7-11)8-12-10(2)13(15)17-14(12)16;1-2-3-4-5-6-7-8-9;/h9-14,16-19,24-25,28-31H,4-8,15,20-23H2,1-3H3;9-11,13-14,17-18,20H,4-8,12,15-16H2,1-3H3,(H,23,24)(H,25,26);3-7,9-10,12H,8H2,1-2H3;2-9H2,1H3;1H4. The van der Waals surface area contributed by atoms with Crippen molar-refractivity contribution >= 4 is 47.6 Å². The summed E-state index contributed by atoms with van der Waals surface area (Å²) in [6, 6.07) is 40.0. The number of likely N-dealkylation sites (tertiary alicyclic amines) is 1. The summed E-state index contributed by atoms with van der Waals surface area (Å²) in [7, 11) is 0. The van der Waals surface area contributed by atoms with Crippen molar-refractivity contribution in [3.8, 4) is 0 Å². The molecule has 7 rings (SSSR count). The molecule has 4 aromatic rings. The van der Waals surface area contributed by atoms with Crippen LogP contribution in [0.2, 0.25) is 0 Å². The van der Waals surface area contributed by atoms with E-state index in [-0.39, 0.29) is 72.6 Å². The van der Waals surface area contributed by atoms with Gasteiger partial charge in [-0.3, -0.25) is 43.3 Å². The normalized spacial score (nSPS) is 20.1. The number of benzene rings is 4. The molecule has 14 nitrogen and oxygen atoms in total. The lowest BCUT2D eigenvalue weighted by Crippen LogP contribution is -2.38. The van der Waals surface area contributed by atoms with Gasteiger partial charge in [-0.2, -0.15) is 0 Å². The number of carboxylic acids is 1. The summed E-state index contributed by atoms with van der Waals surface area (Å²) in [5.74, 6) is -6.35. The van der Waals surface area contributed by atoms with Gasteiger partial charge in [0, 0.05) is 13.1 Å². The average molecular weight is 1300 g/mol. The molecule has 3 aliphatic rings. The summed E-state index contributed by atoms with van der Waals surface area (Å²) in [6.45, 7) is 20.0. The lowest BCUT2D eigenvalue weighted by Gasteiger charge is -2.26. The minimum absolute atomic E-state index is 0. The smallest absolute Gasteiger partial charge is 0.317 e. The number of nitrogens with two attached hydrogens (primary N) is 1. The van der Waals surface area contributed by atoms with Crippen LogP contribution in [0.3, 0.4) is 0 Å². The molecule has 12 atom stereocenters. The second-order valence-electron chi connectivity index (χ2n) is 26.6. The lowest BCUT2D eigenvalue weighted by atomic mass is 9.75. The van der Waals surface area contributed by atoms with Gasteiger partial charge in [-0.05, 0) is 104 Å². The molecule has 4 N–H and O–H groups in total. The van der Waals surface area contributed by atoms with E-state index in [1.165, 1.54) is 93.9 Å². The van der Waals surface area contributed by atoms with Gasteiger partial charge in [0.2, 0.25) is 17.7 Å². The molecule has 14 heteroatoms. The van der Waals surface area contributed by atoms with E-state index in [1.54, 1.807) is 20.8 Å². The Hall–Kier alpha value is -6.80. The van der Waals surface area contributed by atoms with E-state index >= 15 is 0 Å². The van der Waals surface area contributed by atoms with E-state index in [9.17, 15) is 43.5 Å². The summed E-state index contributed by atoms with van der Waals surface area (Å²) in [6.07, 6.45) is 24.2. The first-order valence-electron chi connectivity index (χ1n) is 35.6. The molecule has 0 saturated carbocycles.